The van der Waals surface area contributed by atoms with E-state index >= 15 is 0 Å². The number of urea groups is 1. The van der Waals surface area contributed by atoms with Crippen molar-refractivity contribution in [2.24, 2.45) is 0 Å². The molecule has 8 heteroatoms. The summed E-state index contributed by atoms with van der Waals surface area (Å²) in [5.74, 6) is -1.80. The van der Waals surface area contributed by atoms with Gasteiger partial charge in [-0.1, -0.05) is 24.3 Å². The number of halogens is 2. The van der Waals surface area contributed by atoms with Crippen molar-refractivity contribution in [2.45, 2.75) is 31.8 Å². The molecule has 3 aromatic rings. The lowest BCUT2D eigenvalue weighted by atomic mass is 9.98. The third-order valence-corrected chi connectivity index (χ3v) is 6.06. The number of anilines is 3. The largest absolute Gasteiger partial charge is 0.366 e. The first-order chi connectivity index (χ1) is 16.5. The van der Waals surface area contributed by atoms with Crippen LogP contribution < -0.4 is 20.9 Å². The highest BCUT2D eigenvalue weighted by molar-refractivity contribution is 6.04. The molecule has 0 atom stereocenters. The Morgan fingerprint density at radius 2 is 1.71 bits per heavy atom. The highest BCUT2D eigenvalue weighted by Gasteiger charge is 2.27. The standard InChI is InChI=1S/C26H24F2N4O2/c27-18-5-9-23(22(28)13-18)31-26(34)30-20-8-10-24(21(14-20)25(33)29-19-6-7-19)32-12-11-16-3-1-2-4-17(16)15-32/h1-5,8-10,13-14,19H,6-7,11-12,15H2,(H,29,33)(H2,30,31,34). The number of hydrogen-bond acceptors (Lipinski definition) is 3. The molecule has 0 saturated heterocycles. The SMILES string of the molecule is O=C(Nc1ccc(N2CCc3ccccc3C2)c(C(=O)NC2CC2)c1)Nc1ccc(F)cc1F. The molecule has 5 rings (SSSR count). The van der Waals surface area contributed by atoms with Crippen LogP contribution in [0.3, 0.4) is 0 Å². The minimum Gasteiger partial charge on any atom is -0.366 e. The van der Waals surface area contributed by atoms with Gasteiger partial charge in [0.05, 0.1) is 11.3 Å². The summed E-state index contributed by atoms with van der Waals surface area (Å²) >= 11 is 0. The Hall–Kier alpha value is -3.94. The second kappa shape index (κ2) is 9.13. The van der Waals surface area contributed by atoms with E-state index in [4.69, 9.17) is 0 Å². The van der Waals surface area contributed by atoms with E-state index in [2.05, 4.69) is 33.0 Å². The summed E-state index contributed by atoms with van der Waals surface area (Å²) < 4.78 is 27.0. The molecule has 1 saturated carbocycles. The van der Waals surface area contributed by atoms with Gasteiger partial charge >= 0.3 is 6.03 Å². The van der Waals surface area contributed by atoms with E-state index in [1.807, 2.05) is 18.2 Å². The molecule has 1 aliphatic heterocycles. The van der Waals surface area contributed by atoms with E-state index in [9.17, 15) is 18.4 Å². The number of hydrogen-bond donors (Lipinski definition) is 3. The third-order valence-electron chi connectivity index (χ3n) is 6.06. The quantitative estimate of drug-likeness (QED) is 0.496. The summed E-state index contributed by atoms with van der Waals surface area (Å²) in [6.07, 6.45) is 2.80. The number of nitrogens with zero attached hydrogens (tertiary/aromatic N) is 1. The van der Waals surface area contributed by atoms with Crippen molar-refractivity contribution < 1.29 is 18.4 Å². The van der Waals surface area contributed by atoms with E-state index in [1.54, 1.807) is 12.1 Å². The number of carbonyl (C=O) groups is 2. The Morgan fingerprint density at radius 3 is 2.47 bits per heavy atom. The Bertz CT molecular complexity index is 1260. The van der Waals surface area contributed by atoms with Crippen molar-refractivity contribution in [3.8, 4) is 0 Å². The fraction of sp³-hybridized carbons (Fsp3) is 0.231. The molecular weight excluding hydrogens is 438 g/mol. The van der Waals surface area contributed by atoms with Gasteiger partial charge < -0.3 is 20.9 Å². The monoisotopic (exact) mass is 462 g/mol. The lowest BCUT2D eigenvalue weighted by Crippen LogP contribution is -2.33. The predicted octanol–water partition coefficient (Wildman–Crippen LogP) is 5.06. The molecule has 3 aromatic carbocycles. The van der Waals surface area contributed by atoms with Crippen LogP contribution in [0.2, 0.25) is 0 Å². The van der Waals surface area contributed by atoms with Crippen LogP contribution in [0.4, 0.5) is 30.6 Å². The van der Waals surface area contributed by atoms with Crippen molar-refractivity contribution in [3.63, 3.8) is 0 Å². The normalized spacial score (nSPS) is 14.8. The van der Waals surface area contributed by atoms with Gasteiger partial charge in [-0.2, -0.15) is 0 Å². The number of carbonyl (C=O) groups excluding carboxylic acids is 2. The molecule has 1 aliphatic carbocycles. The molecule has 6 nitrogen and oxygen atoms in total. The van der Waals surface area contributed by atoms with Gasteiger partial charge in [0, 0.05) is 36.6 Å². The van der Waals surface area contributed by atoms with Gasteiger partial charge in [0.2, 0.25) is 0 Å². The number of nitrogens with one attached hydrogen (secondary N) is 3. The number of benzene rings is 3. The van der Waals surface area contributed by atoms with Gasteiger partial charge in [0.1, 0.15) is 11.6 Å². The average molecular weight is 463 g/mol. The van der Waals surface area contributed by atoms with Crippen LogP contribution in [-0.4, -0.2) is 24.5 Å². The number of amides is 3. The summed E-state index contributed by atoms with van der Waals surface area (Å²) in [6, 6.07) is 15.8. The second-order valence-corrected chi connectivity index (χ2v) is 8.62. The van der Waals surface area contributed by atoms with Gasteiger partial charge in [0.15, 0.2) is 0 Å². The zero-order valence-corrected chi connectivity index (χ0v) is 18.4. The fourth-order valence-electron chi connectivity index (χ4n) is 4.14. The molecule has 0 spiro atoms. The Kier molecular flexibility index (Phi) is 5.88. The van der Waals surface area contributed by atoms with Gasteiger partial charge in [-0.15, -0.1) is 0 Å². The Balaban J connectivity index is 1.37. The molecule has 3 amide bonds. The highest BCUT2D eigenvalue weighted by Crippen LogP contribution is 2.30. The fourth-order valence-corrected chi connectivity index (χ4v) is 4.14. The minimum atomic E-state index is -0.875. The lowest BCUT2D eigenvalue weighted by Gasteiger charge is -2.32. The maximum Gasteiger partial charge on any atom is 0.323 e. The third kappa shape index (κ3) is 4.85. The summed E-state index contributed by atoms with van der Waals surface area (Å²) in [7, 11) is 0. The minimum absolute atomic E-state index is 0.144. The average Bonchev–Trinajstić information content (AvgIpc) is 3.64. The molecule has 34 heavy (non-hydrogen) atoms. The first-order valence-electron chi connectivity index (χ1n) is 11.3. The van der Waals surface area contributed by atoms with Crippen molar-refractivity contribution in [2.75, 3.05) is 22.1 Å². The Labute approximate surface area is 196 Å². The maximum atomic E-state index is 13.9. The van der Waals surface area contributed by atoms with Crippen molar-refractivity contribution in [1.82, 2.24) is 5.32 Å². The van der Waals surface area contributed by atoms with Crippen LogP contribution >= 0.6 is 0 Å². The molecule has 3 N–H and O–H groups in total. The predicted molar refractivity (Wildman–Crippen MR) is 127 cm³/mol. The Morgan fingerprint density at radius 1 is 0.912 bits per heavy atom. The summed E-state index contributed by atoms with van der Waals surface area (Å²) in [5.41, 5.74) is 4.05. The van der Waals surface area contributed by atoms with E-state index in [0.29, 0.717) is 23.9 Å². The molecule has 174 valence electrons. The molecule has 0 radical (unpaired) electrons. The summed E-state index contributed by atoms with van der Waals surface area (Å²) in [4.78, 5) is 27.6. The van der Waals surface area contributed by atoms with Crippen molar-refractivity contribution >= 4 is 29.0 Å². The van der Waals surface area contributed by atoms with E-state index in [0.717, 1.165) is 43.6 Å². The molecule has 0 bridgehead atoms. The molecule has 0 aromatic heterocycles. The van der Waals surface area contributed by atoms with Crippen LogP contribution in [0.1, 0.15) is 34.3 Å². The van der Waals surface area contributed by atoms with Gasteiger partial charge in [-0.05, 0) is 60.7 Å². The van der Waals surface area contributed by atoms with Crippen LogP contribution in [0, 0.1) is 11.6 Å². The van der Waals surface area contributed by atoms with E-state index in [-0.39, 0.29) is 17.6 Å². The molecule has 0 unspecified atom stereocenters. The van der Waals surface area contributed by atoms with Crippen LogP contribution in [-0.2, 0) is 13.0 Å². The van der Waals surface area contributed by atoms with E-state index < -0.39 is 17.7 Å². The maximum absolute atomic E-state index is 13.9. The van der Waals surface area contributed by atoms with Gasteiger partial charge in [-0.25, -0.2) is 13.6 Å². The summed E-state index contributed by atoms with van der Waals surface area (Å²) in [5, 5.41) is 8.02. The molecular formula is C26H24F2N4O2. The zero-order valence-electron chi connectivity index (χ0n) is 18.4. The van der Waals surface area contributed by atoms with Crippen molar-refractivity contribution in [1.29, 1.82) is 0 Å². The first kappa shape index (κ1) is 21.9. The highest BCUT2D eigenvalue weighted by atomic mass is 19.1. The molecule has 1 fully saturated rings. The van der Waals surface area contributed by atoms with Crippen LogP contribution in [0.5, 0.6) is 0 Å². The number of rotatable bonds is 5. The summed E-state index contributed by atoms with van der Waals surface area (Å²) in [6.45, 7) is 1.47. The van der Waals surface area contributed by atoms with Crippen molar-refractivity contribution in [3.05, 3.63) is 89.0 Å². The van der Waals surface area contributed by atoms with Crippen LogP contribution in [0.25, 0.3) is 0 Å². The van der Waals surface area contributed by atoms with Crippen LogP contribution in [0.15, 0.2) is 60.7 Å². The molecule has 2 aliphatic rings. The van der Waals surface area contributed by atoms with Gasteiger partial charge in [0.25, 0.3) is 5.91 Å². The second-order valence-electron chi connectivity index (χ2n) is 8.62. The van der Waals surface area contributed by atoms with E-state index in [1.165, 1.54) is 11.1 Å². The topological polar surface area (TPSA) is 73.5 Å². The first-order valence-corrected chi connectivity index (χ1v) is 11.3. The smallest absolute Gasteiger partial charge is 0.323 e. The zero-order chi connectivity index (χ0) is 23.7. The lowest BCUT2D eigenvalue weighted by molar-refractivity contribution is 0.0951. The number of fused-ring (bicyclic) bond motifs is 1. The van der Waals surface area contributed by atoms with Gasteiger partial charge in [-0.3, -0.25) is 4.79 Å². The molecule has 1 heterocycles.